The Morgan fingerprint density at radius 1 is 0.958 bits per heavy atom. The van der Waals surface area contributed by atoms with Crippen LogP contribution in [-0.2, 0) is 0 Å². The fourth-order valence-electron chi connectivity index (χ4n) is 3.28. The number of carbonyl (C=O) groups excluding carboxylic acids is 1. The number of hydrogen-bond acceptors (Lipinski definition) is 3. The van der Waals surface area contributed by atoms with Gasteiger partial charge in [-0.3, -0.25) is 4.90 Å². The first-order valence-electron chi connectivity index (χ1n) is 8.87. The molecule has 2 heterocycles. The summed E-state index contributed by atoms with van der Waals surface area (Å²) < 4.78 is 18.4. The highest BCUT2D eigenvalue weighted by molar-refractivity contribution is 5.74. The molecule has 2 amide bonds. The summed E-state index contributed by atoms with van der Waals surface area (Å²) in [5, 5.41) is 0. The van der Waals surface area contributed by atoms with Crippen LogP contribution in [0.5, 0.6) is 5.75 Å². The molecule has 0 N–H and O–H groups in total. The van der Waals surface area contributed by atoms with Gasteiger partial charge in [-0.15, -0.1) is 0 Å². The molecule has 0 radical (unpaired) electrons. The molecule has 2 aliphatic heterocycles. The molecule has 0 atom stereocenters. The van der Waals surface area contributed by atoms with Crippen LogP contribution in [0.4, 0.5) is 9.18 Å². The van der Waals surface area contributed by atoms with Crippen molar-refractivity contribution < 1.29 is 13.9 Å². The van der Waals surface area contributed by atoms with Crippen LogP contribution in [0.3, 0.4) is 0 Å². The van der Waals surface area contributed by atoms with Crippen LogP contribution in [0.1, 0.15) is 19.3 Å². The molecule has 2 saturated heterocycles. The number of amides is 2. The van der Waals surface area contributed by atoms with Crippen molar-refractivity contribution in [2.24, 2.45) is 0 Å². The van der Waals surface area contributed by atoms with Gasteiger partial charge in [-0.1, -0.05) is 0 Å². The Morgan fingerprint density at radius 2 is 1.58 bits per heavy atom. The van der Waals surface area contributed by atoms with Crippen LogP contribution < -0.4 is 4.74 Å². The monoisotopic (exact) mass is 335 g/mol. The number of ether oxygens (including phenoxy) is 1. The number of urea groups is 1. The van der Waals surface area contributed by atoms with Crippen LogP contribution in [0, 0.1) is 5.82 Å². The lowest BCUT2D eigenvalue weighted by atomic mass is 10.3. The lowest BCUT2D eigenvalue weighted by molar-refractivity contribution is 0.115. The van der Waals surface area contributed by atoms with Crippen molar-refractivity contribution in [3.8, 4) is 5.75 Å². The largest absolute Gasteiger partial charge is 0.494 e. The van der Waals surface area contributed by atoms with Gasteiger partial charge >= 0.3 is 6.03 Å². The van der Waals surface area contributed by atoms with Crippen molar-refractivity contribution in [2.45, 2.75) is 19.3 Å². The fourth-order valence-corrected chi connectivity index (χ4v) is 3.28. The summed E-state index contributed by atoms with van der Waals surface area (Å²) >= 11 is 0. The summed E-state index contributed by atoms with van der Waals surface area (Å²) in [7, 11) is 0. The molecule has 0 aromatic heterocycles. The molecule has 0 unspecified atom stereocenters. The Balaban J connectivity index is 1.31. The van der Waals surface area contributed by atoms with E-state index in [0.29, 0.717) is 12.4 Å². The first kappa shape index (κ1) is 17.0. The highest BCUT2D eigenvalue weighted by atomic mass is 19.1. The summed E-state index contributed by atoms with van der Waals surface area (Å²) in [5.74, 6) is 0.459. The second-order valence-electron chi connectivity index (χ2n) is 6.46. The molecule has 132 valence electrons. The number of halogens is 1. The van der Waals surface area contributed by atoms with Gasteiger partial charge in [0.1, 0.15) is 11.6 Å². The topological polar surface area (TPSA) is 36.0 Å². The highest BCUT2D eigenvalue weighted by Gasteiger charge is 2.26. The summed E-state index contributed by atoms with van der Waals surface area (Å²) in [6.07, 6.45) is 3.21. The molecule has 6 heteroatoms. The Kier molecular flexibility index (Phi) is 5.91. The molecular formula is C18H26FN3O2. The standard InChI is InChI=1S/C18H26FN3O2/c19-16-4-6-17(7-5-16)24-15-3-8-20-11-13-22(14-12-20)18(23)21-9-1-2-10-21/h4-7H,1-3,8-15H2. The number of hydrogen-bond donors (Lipinski definition) is 0. The minimum absolute atomic E-state index is 0.215. The van der Waals surface area contributed by atoms with Gasteiger partial charge in [0.15, 0.2) is 0 Å². The molecule has 0 spiro atoms. The number of benzene rings is 1. The fraction of sp³-hybridized carbons (Fsp3) is 0.611. The van der Waals surface area contributed by atoms with E-state index >= 15 is 0 Å². The van der Waals surface area contributed by atoms with Crippen LogP contribution in [0.15, 0.2) is 24.3 Å². The van der Waals surface area contributed by atoms with E-state index in [4.69, 9.17) is 4.74 Å². The van der Waals surface area contributed by atoms with Crippen molar-refractivity contribution in [1.29, 1.82) is 0 Å². The number of piperazine rings is 1. The van der Waals surface area contributed by atoms with Gasteiger partial charge in [0.25, 0.3) is 0 Å². The lowest BCUT2D eigenvalue weighted by Gasteiger charge is -2.36. The van der Waals surface area contributed by atoms with Gasteiger partial charge in [0.2, 0.25) is 0 Å². The summed E-state index contributed by atoms with van der Waals surface area (Å²) in [6.45, 7) is 6.90. The van der Waals surface area contributed by atoms with E-state index in [1.807, 2.05) is 9.80 Å². The molecule has 3 rings (SSSR count). The molecule has 2 fully saturated rings. The zero-order valence-corrected chi connectivity index (χ0v) is 14.1. The normalized spacial score (nSPS) is 18.9. The molecule has 0 aliphatic carbocycles. The van der Waals surface area contributed by atoms with Gasteiger partial charge in [0.05, 0.1) is 6.61 Å². The van der Waals surface area contributed by atoms with Gasteiger partial charge < -0.3 is 14.5 Å². The maximum Gasteiger partial charge on any atom is 0.320 e. The maximum atomic E-state index is 12.8. The second-order valence-corrected chi connectivity index (χ2v) is 6.46. The molecule has 0 saturated carbocycles. The van der Waals surface area contributed by atoms with Crippen molar-refractivity contribution in [2.75, 3.05) is 52.4 Å². The predicted molar refractivity (Wildman–Crippen MR) is 90.7 cm³/mol. The summed E-state index contributed by atoms with van der Waals surface area (Å²) in [5.41, 5.74) is 0. The number of likely N-dealkylation sites (tertiary alicyclic amines) is 1. The third kappa shape index (κ3) is 4.60. The molecule has 2 aliphatic rings. The highest BCUT2D eigenvalue weighted by Crippen LogP contribution is 2.13. The van der Waals surface area contributed by atoms with E-state index in [0.717, 1.165) is 65.1 Å². The van der Waals surface area contributed by atoms with Crippen molar-refractivity contribution >= 4 is 6.03 Å². The molecule has 24 heavy (non-hydrogen) atoms. The zero-order valence-electron chi connectivity index (χ0n) is 14.1. The molecule has 1 aromatic rings. The Morgan fingerprint density at radius 3 is 2.25 bits per heavy atom. The number of rotatable bonds is 5. The first-order valence-corrected chi connectivity index (χ1v) is 8.87. The van der Waals surface area contributed by atoms with E-state index in [1.54, 1.807) is 12.1 Å². The number of carbonyl (C=O) groups is 1. The third-order valence-corrected chi connectivity index (χ3v) is 4.72. The quantitative estimate of drug-likeness (QED) is 0.776. The van der Waals surface area contributed by atoms with Crippen molar-refractivity contribution in [3.05, 3.63) is 30.1 Å². The molecule has 5 nitrogen and oxygen atoms in total. The van der Waals surface area contributed by atoms with Crippen LogP contribution in [-0.4, -0.2) is 73.2 Å². The molecule has 1 aromatic carbocycles. The van der Waals surface area contributed by atoms with E-state index < -0.39 is 0 Å². The molecular weight excluding hydrogens is 309 g/mol. The lowest BCUT2D eigenvalue weighted by Crippen LogP contribution is -2.52. The summed E-state index contributed by atoms with van der Waals surface area (Å²) in [4.78, 5) is 18.7. The van der Waals surface area contributed by atoms with E-state index in [-0.39, 0.29) is 11.8 Å². The second kappa shape index (κ2) is 8.33. The van der Waals surface area contributed by atoms with Crippen molar-refractivity contribution in [1.82, 2.24) is 14.7 Å². The van der Waals surface area contributed by atoms with Gasteiger partial charge in [0, 0.05) is 45.8 Å². The average Bonchev–Trinajstić information content (AvgIpc) is 3.15. The SMILES string of the molecule is O=C(N1CCCC1)N1CCN(CCCOc2ccc(F)cc2)CC1. The third-order valence-electron chi connectivity index (χ3n) is 4.72. The number of nitrogens with zero attached hydrogens (tertiary/aromatic N) is 3. The van der Waals surface area contributed by atoms with Gasteiger partial charge in [-0.25, -0.2) is 9.18 Å². The Labute approximate surface area is 143 Å². The Bertz CT molecular complexity index is 524. The zero-order chi connectivity index (χ0) is 16.8. The van der Waals surface area contributed by atoms with Crippen molar-refractivity contribution in [3.63, 3.8) is 0 Å². The van der Waals surface area contributed by atoms with E-state index in [1.165, 1.54) is 12.1 Å². The minimum atomic E-state index is -0.247. The maximum absolute atomic E-state index is 12.8. The van der Waals surface area contributed by atoms with Gasteiger partial charge in [-0.2, -0.15) is 0 Å². The van der Waals surface area contributed by atoms with E-state index in [2.05, 4.69) is 4.90 Å². The van der Waals surface area contributed by atoms with Crippen LogP contribution >= 0.6 is 0 Å². The molecule has 0 bridgehead atoms. The van der Waals surface area contributed by atoms with Gasteiger partial charge in [-0.05, 0) is 43.5 Å². The van der Waals surface area contributed by atoms with Crippen LogP contribution in [0.25, 0.3) is 0 Å². The Hall–Kier alpha value is -1.82. The first-order chi connectivity index (χ1) is 11.7. The predicted octanol–water partition coefficient (Wildman–Crippen LogP) is 2.43. The van der Waals surface area contributed by atoms with E-state index in [9.17, 15) is 9.18 Å². The minimum Gasteiger partial charge on any atom is -0.494 e. The van der Waals surface area contributed by atoms with Crippen LogP contribution in [0.2, 0.25) is 0 Å². The summed E-state index contributed by atoms with van der Waals surface area (Å²) in [6, 6.07) is 6.33. The average molecular weight is 335 g/mol. The smallest absolute Gasteiger partial charge is 0.320 e.